The Morgan fingerprint density at radius 2 is 1.00 bits per heavy atom. The van der Waals surface area contributed by atoms with Gasteiger partial charge in [-0.1, -0.05) is 195 Å². The van der Waals surface area contributed by atoms with Crippen LogP contribution in [0.1, 0.15) is 12.5 Å². The van der Waals surface area contributed by atoms with Crippen molar-refractivity contribution in [3.8, 4) is 55.9 Å². The average Bonchev–Trinajstić information content (AvgIpc) is 3.66. The first-order chi connectivity index (χ1) is 30.1. The number of nitrogens with zero attached hydrogens (tertiary/aromatic N) is 1. The van der Waals surface area contributed by atoms with Crippen LogP contribution < -0.4 is 10.5 Å². The number of fused-ring (bicyclic) bond motifs is 4. The molecule has 0 saturated heterocycles. The largest absolute Gasteiger partial charge is 0.487 e. The molecular weight excluding hydrogens is 741 g/mol. The minimum absolute atomic E-state index is 0.417. The Hall–Kier alpha value is -7.88. The maximum Gasteiger partial charge on any atom is 0.143 e. The van der Waals surface area contributed by atoms with Gasteiger partial charge in [0.2, 0.25) is 0 Å². The number of allylic oxidation sites excluding steroid dienone is 3. The molecule has 1 aromatic heterocycles. The van der Waals surface area contributed by atoms with Crippen LogP contribution in [0.15, 0.2) is 231 Å². The number of nitrogens with two attached hydrogens (primary N) is 1. The van der Waals surface area contributed by atoms with E-state index < -0.39 is 0 Å². The van der Waals surface area contributed by atoms with Gasteiger partial charge in [0.25, 0.3) is 0 Å². The van der Waals surface area contributed by atoms with Crippen molar-refractivity contribution >= 4 is 38.3 Å². The monoisotopic (exact) mass is 786 g/mol. The van der Waals surface area contributed by atoms with Gasteiger partial charge in [-0.2, -0.15) is 0 Å². The fraction of sp³-hybridized carbons (Fsp3) is 0.0345. The van der Waals surface area contributed by atoms with Crippen LogP contribution in [0.2, 0.25) is 0 Å². The molecule has 10 aromatic rings. The van der Waals surface area contributed by atoms with Gasteiger partial charge in [-0.3, -0.25) is 0 Å². The van der Waals surface area contributed by atoms with Crippen LogP contribution in [0.25, 0.3) is 82.8 Å². The van der Waals surface area contributed by atoms with Crippen LogP contribution in [0.5, 0.6) is 5.75 Å². The molecule has 0 bridgehead atoms. The van der Waals surface area contributed by atoms with Crippen LogP contribution in [0.4, 0.5) is 5.69 Å². The van der Waals surface area contributed by atoms with E-state index in [1.54, 1.807) is 6.08 Å². The first-order valence-corrected chi connectivity index (χ1v) is 20.7. The van der Waals surface area contributed by atoms with Crippen LogP contribution in [0, 0.1) is 0 Å². The van der Waals surface area contributed by atoms with Crippen LogP contribution in [-0.2, 0) is 6.61 Å². The predicted molar refractivity (Wildman–Crippen MR) is 260 cm³/mol. The van der Waals surface area contributed by atoms with Crippen molar-refractivity contribution in [1.29, 1.82) is 0 Å². The third-order valence-electron chi connectivity index (χ3n) is 11.3. The van der Waals surface area contributed by atoms with Gasteiger partial charge in [0.15, 0.2) is 0 Å². The van der Waals surface area contributed by atoms with Crippen molar-refractivity contribution < 1.29 is 4.74 Å². The molecule has 0 atom stereocenters. The highest BCUT2D eigenvalue weighted by Gasteiger charge is 2.15. The summed E-state index contributed by atoms with van der Waals surface area (Å²) in [6.07, 6.45) is 5.58. The molecule has 0 unspecified atom stereocenters. The molecule has 0 fully saturated rings. The zero-order chi connectivity index (χ0) is 41.5. The van der Waals surface area contributed by atoms with E-state index in [4.69, 9.17) is 10.5 Å². The molecule has 9 aromatic carbocycles. The molecule has 1 heterocycles. The Morgan fingerprint density at radius 3 is 1.59 bits per heavy atom. The van der Waals surface area contributed by atoms with Crippen LogP contribution in [0.3, 0.4) is 0 Å². The van der Waals surface area contributed by atoms with E-state index in [-0.39, 0.29) is 0 Å². The van der Waals surface area contributed by atoms with Crippen molar-refractivity contribution in [3.05, 3.63) is 237 Å². The van der Waals surface area contributed by atoms with Gasteiger partial charge in [-0.25, -0.2) is 0 Å². The summed E-state index contributed by atoms with van der Waals surface area (Å²) in [5, 5.41) is 4.93. The molecule has 3 nitrogen and oxygen atoms in total. The number of benzene rings is 9. The lowest BCUT2D eigenvalue weighted by atomic mass is 9.89. The van der Waals surface area contributed by atoms with Crippen LogP contribution in [-0.4, -0.2) is 4.57 Å². The molecule has 0 radical (unpaired) electrons. The molecule has 0 aliphatic rings. The van der Waals surface area contributed by atoms with Gasteiger partial charge in [-0.15, -0.1) is 0 Å². The predicted octanol–water partition coefficient (Wildman–Crippen LogP) is 15.5. The number of aromatic nitrogens is 1. The van der Waals surface area contributed by atoms with E-state index in [0.29, 0.717) is 18.0 Å². The van der Waals surface area contributed by atoms with Gasteiger partial charge < -0.3 is 15.0 Å². The zero-order valence-electron chi connectivity index (χ0n) is 34.2. The fourth-order valence-corrected chi connectivity index (χ4v) is 8.29. The Balaban J connectivity index is 0.000000902. The maximum absolute atomic E-state index is 6.69. The molecule has 61 heavy (non-hydrogen) atoms. The number of nitrogen functional groups attached to an aromatic ring is 1. The van der Waals surface area contributed by atoms with E-state index in [0.717, 1.165) is 27.9 Å². The SMILES string of the molecule is C=C/C=C\C.Nc1c(OCc2ccc(-c3ccccc3-c3ccccc3-c3ccc(-n4c5ccccc5c5ccccc54)cc3)cc2)cccc1-c1ccc2ccccc2c1. The van der Waals surface area contributed by atoms with E-state index in [1.807, 2.05) is 31.2 Å². The second kappa shape index (κ2) is 17.5. The molecule has 3 heteroatoms. The van der Waals surface area contributed by atoms with Crippen molar-refractivity contribution in [1.82, 2.24) is 4.57 Å². The Morgan fingerprint density at radius 1 is 0.492 bits per heavy atom. The number of para-hydroxylation sites is 3. The number of hydrogen-bond acceptors (Lipinski definition) is 2. The molecule has 294 valence electrons. The van der Waals surface area contributed by atoms with Crippen molar-refractivity contribution in [2.24, 2.45) is 0 Å². The third kappa shape index (κ3) is 7.85. The van der Waals surface area contributed by atoms with Crippen molar-refractivity contribution in [3.63, 3.8) is 0 Å². The van der Waals surface area contributed by atoms with Crippen molar-refractivity contribution in [2.45, 2.75) is 13.5 Å². The number of ether oxygens (including phenoxy) is 1. The fourth-order valence-electron chi connectivity index (χ4n) is 8.29. The highest BCUT2D eigenvalue weighted by atomic mass is 16.5. The second-order valence-corrected chi connectivity index (χ2v) is 15.0. The van der Waals surface area contributed by atoms with Crippen LogP contribution >= 0.6 is 0 Å². The lowest BCUT2D eigenvalue weighted by Gasteiger charge is -2.16. The summed E-state index contributed by atoms with van der Waals surface area (Å²) in [7, 11) is 0. The summed E-state index contributed by atoms with van der Waals surface area (Å²) in [6, 6.07) is 73.2. The molecule has 2 N–H and O–H groups in total. The number of rotatable bonds is 9. The van der Waals surface area contributed by atoms with Gasteiger partial charge in [-0.05, 0) is 98.6 Å². The van der Waals surface area contributed by atoms with E-state index in [1.165, 1.54) is 60.4 Å². The first kappa shape index (κ1) is 38.6. The van der Waals surface area contributed by atoms with Gasteiger partial charge in [0.05, 0.1) is 16.7 Å². The lowest BCUT2D eigenvalue weighted by Crippen LogP contribution is -2.00. The highest BCUT2D eigenvalue weighted by molar-refractivity contribution is 6.09. The smallest absolute Gasteiger partial charge is 0.143 e. The highest BCUT2D eigenvalue weighted by Crippen LogP contribution is 2.40. The second-order valence-electron chi connectivity index (χ2n) is 15.0. The summed E-state index contributed by atoms with van der Waals surface area (Å²) in [5.74, 6) is 0.685. The Kier molecular flexibility index (Phi) is 11.1. The minimum atomic E-state index is 0.417. The molecule has 0 spiro atoms. The number of hydrogen-bond donors (Lipinski definition) is 1. The maximum atomic E-state index is 6.69. The topological polar surface area (TPSA) is 40.2 Å². The van der Waals surface area contributed by atoms with E-state index in [2.05, 4.69) is 205 Å². The Labute approximate surface area is 358 Å². The standard InChI is InChI=1S/C53H38N2O.C5H8/c54-53-45(41-29-28-37-12-1-2-13-40(37)34-41)20-11-23-52(53)56-35-36-24-26-38(27-25-36)43-14-3-5-16-46(43)47-17-6-4-15-44(47)39-30-32-42(33-31-39)55-50-21-9-7-18-48(50)49-19-8-10-22-51(49)55;1-3-5-4-2/h1-34H,35,54H2;3-5H,1H2,2H3/b;5-4-. The first-order valence-electron chi connectivity index (χ1n) is 20.7. The summed E-state index contributed by atoms with van der Waals surface area (Å²) in [5.41, 5.74) is 21.1. The van der Waals surface area contributed by atoms with E-state index >= 15 is 0 Å². The molecule has 10 rings (SSSR count). The zero-order valence-corrected chi connectivity index (χ0v) is 34.2. The average molecular weight is 787 g/mol. The summed E-state index contributed by atoms with van der Waals surface area (Å²) in [4.78, 5) is 0. The summed E-state index contributed by atoms with van der Waals surface area (Å²) in [6.45, 7) is 5.84. The molecule has 0 saturated carbocycles. The van der Waals surface area contributed by atoms with Gasteiger partial charge >= 0.3 is 0 Å². The van der Waals surface area contributed by atoms with Gasteiger partial charge in [0.1, 0.15) is 12.4 Å². The Bertz CT molecular complexity index is 3120. The molecule has 0 aliphatic carbocycles. The van der Waals surface area contributed by atoms with Gasteiger partial charge in [0, 0.05) is 22.0 Å². The molecular formula is C58H46N2O. The number of anilines is 1. The summed E-state index contributed by atoms with van der Waals surface area (Å²) < 4.78 is 8.69. The quantitative estimate of drug-likeness (QED) is 0.117. The minimum Gasteiger partial charge on any atom is -0.487 e. The van der Waals surface area contributed by atoms with E-state index in [9.17, 15) is 0 Å². The van der Waals surface area contributed by atoms with Crippen molar-refractivity contribution in [2.75, 3.05) is 5.73 Å². The third-order valence-corrected chi connectivity index (χ3v) is 11.3. The molecule has 0 amide bonds. The normalized spacial score (nSPS) is 11.2. The summed E-state index contributed by atoms with van der Waals surface area (Å²) >= 11 is 0. The lowest BCUT2D eigenvalue weighted by molar-refractivity contribution is 0.308. The molecule has 0 aliphatic heterocycles.